The Morgan fingerprint density at radius 3 is 2.09 bits per heavy atom. The minimum absolute atomic E-state index is 0.146. The van der Waals surface area contributed by atoms with Crippen molar-refractivity contribution in [2.24, 2.45) is 5.73 Å². The summed E-state index contributed by atoms with van der Waals surface area (Å²) in [5.41, 5.74) is 10.9. The molecule has 3 aromatic carbocycles. The molecule has 3 N–H and O–H groups in total. The minimum atomic E-state index is -1.09. The lowest BCUT2D eigenvalue weighted by atomic mass is 10.0. The van der Waals surface area contributed by atoms with Crippen molar-refractivity contribution in [1.82, 2.24) is 15.1 Å². The molecule has 0 aliphatic carbocycles. The van der Waals surface area contributed by atoms with Gasteiger partial charge in [0.2, 0.25) is 5.78 Å². The number of rotatable bonds is 8. The molecule has 1 unspecified atom stereocenters. The molecule has 0 aliphatic heterocycles. The van der Waals surface area contributed by atoms with Crippen LogP contribution in [0.25, 0.3) is 16.8 Å². The van der Waals surface area contributed by atoms with Crippen LogP contribution in [0.4, 0.5) is 0 Å². The summed E-state index contributed by atoms with van der Waals surface area (Å²) in [6, 6.07) is 25.6. The van der Waals surface area contributed by atoms with Crippen LogP contribution in [-0.2, 0) is 16.0 Å². The van der Waals surface area contributed by atoms with E-state index in [1.165, 1.54) is 10.2 Å². The molecule has 1 aromatic heterocycles. The third kappa shape index (κ3) is 5.52. The van der Waals surface area contributed by atoms with E-state index in [0.29, 0.717) is 11.4 Å². The molecule has 0 radical (unpaired) electrons. The fourth-order valence-corrected chi connectivity index (χ4v) is 3.86. The zero-order chi connectivity index (χ0) is 24.9. The Kier molecular flexibility index (Phi) is 6.87. The van der Waals surface area contributed by atoms with Gasteiger partial charge in [0.25, 0.3) is 11.8 Å². The summed E-state index contributed by atoms with van der Waals surface area (Å²) < 4.78 is 1.53. The van der Waals surface area contributed by atoms with Crippen LogP contribution in [0.1, 0.15) is 27.3 Å². The lowest BCUT2D eigenvalue weighted by Crippen LogP contribution is -2.47. The lowest BCUT2D eigenvalue weighted by molar-refractivity contribution is -0.137. The largest absolute Gasteiger partial charge is 0.363 e. The summed E-state index contributed by atoms with van der Waals surface area (Å²) in [5, 5.41) is 7.15. The van der Waals surface area contributed by atoms with Gasteiger partial charge in [-0.1, -0.05) is 72.3 Å². The van der Waals surface area contributed by atoms with E-state index >= 15 is 0 Å². The average molecular weight is 467 g/mol. The summed E-state index contributed by atoms with van der Waals surface area (Å²) in [5.74, 6) is -2.47. The van der Waals surface area contributed by atoms with Crippen molar-refractivity contribution in [2.45, 2.75) is 26.3 Å². The SMILES string of the molecule is Cc1ccc(-c2ccc(-n3nc(C)cc3C(=O)NC(Cc3ccccc3)C(=O)C(N)=O)cc2)cc1. The van der Waals surface area contributed by atoms with Crippen molar-refractivity contribution in [3.05, 3.63) is 107 Å². The number of carbonyl (C=O) groups is 3. The maximum absolute atomic E-state index is 13.2. The van der Waals surface area contributed by atoms with Crippen LogP contribution < -0.4 is 11.1 Å². The van der Waals surface area contributed by atoms with Crippen molar-refractivity contribution in [3.63, 3.8) is 0 Å². The molecule has 35 heavy (non-hydrogen) atoms. The molecular weight excluding hydrogens is 440 g/mol. The second-order valence-corrected chi connectivity index (χ2v) is 8.44. The van der Waals surface area contributed by atoms with Gasteiger partial charge in [0.1, 0.15) is 11.7 Å². The summed E-state index contributed by atoms with van der Waals surface area (Å²) in [6.07, 6.45) is 0.146. The van der Waals surface area contributed by atoms with E-state index in [0.717, 1.165) is 16.7 Å². The molecule has 0 fully saturated rings. The topological polar surface area (TPSA) is 107 Å². The molecule has 4 rings (SSSR count). The van der Waals surface area contributed by atoms with Gasteiger partial charge in [-0.3, -0.25) is 14.4 Å². The quantitative estimate of drug-likeness (QED) is 0.387. The van der Waals surface area contributed by atoms with E-state index in [2.05, 4.69) is 34.7 Å². The Bertz CT molecular complexity index is 1360. The smallest absolute Gasteiger partial charge is 0.287 e. The highest BCUT2D eigenvalue weighted by atomic mass is 16.2. The van der Waals surface area contributed by atoms with Gasteiger partial charge in [-0.25, -0.2) is 4.68 Å². The van der Waals surface area contributed by atoms with Crippen molar-refractivity contribution in [1.29, 1.82) is 0 Å². The van der Waals surface area contributed by atoms with Gasteiger partial charge in [-0.15, -0.1) is 0 Å². The molecule has 0 saturated carbocycles. The molecule has 7 heteroatoms. The fourth-order valence-electron chi connectivity index (χ4n) is 3.86. The maximum atomic E-state index is 13.2. The van der Waals surface area contributed by atoms with Crippen molar-refractivity contribution >= 4 is 17.6 Å². The third-order valence-electron chi connectivity index (χ3n) is 5.71. The van der Waals surface area contributed by atoms with Crippen molar-refractivity contribution in [2.75, 3.05) is 0 Å². The number of Topliss-reactive ketones (excluding diaryl/α,β-unsaturated/α-hetero) is 1. The highest BCUT2D eigenvalue weighted by Crippen LogP contribution is 2.22. The maximum Gasteiger partial charge on any atom is 0.287 e. The molecule has 2 amide bonds. The number of nitrogens with one attached hydrogen (secondary N) is 1. The summed E-state index contributed by atoms with van der Waals surface area (Å²) in [4.78, 5) is 37.3. The molecule has 4 aromatic rings. The molecule has 1 atom stereocenters. The number of amides is 2. The van der Waals surface area contributed by atoms with Crippen LogP contribution in [0.15, 0.2) is 84.9 Å². The number of hydrogen-bond acceptors (Lipinski definition) is 4. The van der Waals surface area contributed by atoms with Crippen LogP contribution in [0, 0.1) is 13.8 Å². The highest BCUT2D eigenvalue weighted by molar-refractivity contribution is 6.38. The number of carbonyl (C=O) groups excluding carboxylic acids is 3. The third-order valence-corrected chi connectivity index (χ3v) is 5.71. The van der Waals surface area contributed by atoms with Gasteiger partial charge < -0.3 is 11.1 Å². The predicted molar refractivity (Wildman–Crippen MR) is 134 cm³/mol. The van der Waals surface area contributed by atoms with E-state index in [1.807, 2.05) is 61.5 Å². The first-order chi connectivity index (χ1) is 16.8. The molecular formula is C28H26N4O3. The fraction of sp³-hybridized carbons (Fsp3) is 0.143. The van der Waals surface area contributed by atoms with Crippen LogP contribution in [0.5, 0.6) is 0 Å². The van der Waals surface area contributed by atoms with E-state index in [4.69, 9.17) is 5.73 Å². The molecule has 176 valence electrons. The number of hydrogen-bond donors (Lipinski definition) is 2. The van der Waals surface area contributed by atoms with E-state index < -0.39 is 23.6 Å². The minimum Gasteiger partial charge on any atom is -0.363 e. The molecule has 0 saturated heterocycles. The first kappa shape index (κ1) is 23.6. The average Bonchev–Trinajstić information content (AvgIpc) is 3.26. The molecule has 0 spiro atoms. The van der Waals surface area contributed by atoms with E-state index in [-0.39, 0.29) is 12.1 Å². The second-order valence-electron chi connectivity index (χ2n) is 8.44. The van der Waals surface area contributed by atoms with Gasteiger partial charge >= 0.3 is 0 Å². The monoisotopic (exact) mass is 466 g/mol. The first-order valence-corrected chi connectivity index (χ1v) is 11.2. The predicted octanol–water partition coefficient (Wildman–Crippen LogP) is 3.55. The van der Waals surface area contributed by atoms with Crippen LogP contribution in [-0.4, -0.2) is 33.4 Å². The van der Waals surface area contributed by atoms with Crippen molar-refractivity contribution in [3.8, 4) is 16.8 Å². The summed E-state index contributed by atoms with van der Waals surface area (Å²) in [7, 11) is 0. The van der Waals surface area contributed by atoms with E-state index in [9.17, 15) is 14.4 Å². The van der Waals surface area contributed by atoms with E-state index in [1.54, 1.807) is 13.0 Å². The Hall–Kier alpha value is -4.52. The number of nitrogens with two attached hydrogens (primary N) is 1. The Balaban J connectivity index is 1.59. The zero-order valence-electron chi connectivity index (χ0n) is 19.6. The zero-order valence-corrected chi connectivity index (χ0v) is 19.6. The molecule has 0 bridgehead atoms. The number of primary amides is 1. The van der Waals surface area contributed by atoms with Crippen molar-refractivity contribution < 1.29 is 14.4 Å². The number of ketones is 1. The highest BCUT2D eigenvalue weighted by Gasteiger charge is 2.27. The molecule has 7 nitrogen and oxygen atoms in total. The number of nitrogens with zero attached hydrogens (tertiary/aromatic N) is 2. The van der Waals surface area contributed by atoms with Gasteiger partial charge in [0, 0.05) is 6.42 Å². The van der Waals surface area contributed by atoms with Gasteiger partial charge in [0.15, 0.2) is 0 Å². The van der Waals surface area contributed by atoms with Gasteiger partial charge in [-0.2, -0.15) is 5.10 Å². The lowest BCUT2D eigenvalue weighted by Gasteiger charge is -2.17. The Labute approximate surface area is 203 Å². The number of aryl methyl sites for hydroxylation is 2. The van der Waals surface area contributed by atoms with Crippen LogP contribution in [0.2, 0.25) is 0 Å². The number of aromatic nitrogens is 2. The summed E-state index contributed by atoms with van der Waals surface area (Å²) in [6.45, 7) is 3.82. The van der Waals surface area contributed by atoms with Gasteiger partial charge in [-0.05, 0) is 48.7 Å². The first-order valence-electron chi connectivity index (χ1n) is 11.2. The Morgan fingerprint density at radius 2 is 1.49 bits per heavy atom. The molecule has 1 heterocycles. The standard InChI is InChI=1S/C28H26N4O3/c1-18-8-10-21(11-9-18)22-12-14-23(15-13-22)32-25(16-19(2)31-32)28(35)30-24(26(33)27(29)34)17-20-6-4-3-5-7-20/h3-16,24H,17H2,1-2H3,(H2,29,34)(H,30,35). The number of benzene rings is 3. The van der Waals surface area contributed by atoms with Crippen LogP contribution in [0.3, 0.4) is 0 Å². The van der Waals surface area contributed by atoms with Crippen LogP contribution >= 0.6 is 0 Å². The van der Waals surface area contributed by atoms with Gasteiger partial charge in [0.05, 0.1) is 11.4 Å². The molecule has 0 aliphatic rings. The normalized spacial score (nSPS) is 11.6. The Morgan fingerprint density at radius 1 is 0.886 bits per heavy atom. The summed E-state index contributed by atoms with van der Waals surface area (Å²) >= 11 is 0. The second kappa shape index (κ2) is 10.2.